The van der Waals surface area contributed by atoms with Crippen molar-refractivity contribution in [1.29, 1.82) is 0 Å². The van der Waals surface area contributed by atoms with E-state index in [1.807, 2.05) is 0 Å². The van der Waals surface area contributed by atoms with Gasteiger partial charge in [0, 0.05) is 18.3 Å². The van der Waals surface area contributed by atoms with Crippen LogP contribution in [0.5, 0.6) is 0 Å². The summed E-state index contributed by atoms with van der Waals surface area (Å²) in [4.78, 5) is 10.9. The van der Waals surface area contributed by atoms with E-state index in [2.05, 4.69) is 6.92 Å². The van der Waals surface area contributed by atoms with Crippen LogP contribution >= 0.6 is 0 Å². The lowest BCUT2D eigenvalue weighted by atomic mass is 9.88. The minimum atomic E-state index is -0.985. The minimum Gasteiger partial charge on any atom is -0.481 e. The molecule has 5 heteroatoms. The molecular formula is C16H28O5. The molecule has 122 valence electrons. The molecule has 1 saturated carbocycles. The third-order valence-electron chi connectivity index (χ3n) is 4.29. The smallest absolute Gasteiger partial charge is 0.303 e. The molecule has 0 amide bonds. The Morgan fingerprint density at radius 2 is 1.95 bits per heavy atom. The van der Waals surface area contributed by atoms with Crippen molar-refractivity contribution >= 4 is 5.97 Å². The standard InChI is InChI=1S/C16H28O5/c1-3-4-5-7-16(2,21)8-6-11-12(9-15(19)20)14(18)10-13(11)17/h6,8,11-14,17-18,21H,3-5,7,9-10H2,1-2H3,(H,19,20). The van der Waals surface area contributed by atoms with E-state index in [1.165, 1.54) is 0 Å². The van der Waals surface area contributed by atoms with Crippen LogP contribution in [0.1, 0.15) is 52.4 Å². The molecule has 5 atom stereocenters. The number of carboxylic acid groups (broad SMARTS) is 1. The molecule has 1 aliphatic carbocycles. The zero-order valence-corrected chi connectivity index (χ0v) is 12.9. The van der Waals surface area contributed by atoms with Crippen LogP contribution in [0, 0.1) is 11.8 Å². The third-order valence-corrected chi connectivity index (χ3v) is 4.29. The Bertz CT molecular complexity index is 364. The van der Waals surface area contributed by atoms with Crippen molar-refractivity contribution in [2.24, 2.45) is 11.8 Å². The van der Waals surface area contributed by atoms with E-state index in [0.717, 1.165) is 19.3 Å². The fourth-order valence-corrected chi connectivity index (χ4v) is 3.00. The highest BCUT2D eigenvalue weighted by Crippen LogP contribution is 2.36. The molecule has 5 unspecified atom stereocenters. The molecule has 0 aromatic rings. The maximum absolute atomic E-state index is 10.9. The van der Waals surface area contributed by atoms with E-state index in [1.54, 1.807) is 19.1 Å². The van der Waals surface area contributed by atoms with Gasteiger partial charge in [-0.1, -0.05) is 38.3 Å². The van der Waals surface area contributed by atoms with Gasteiger partial charge in [-0.25, -0.2) is 0 Å². The summed E-state index contributed by atoms with van der Waals surface area (Å²) in [5.41, 5.74) is -0.962. The second kappa shape index (κ2) is 7.92. The molecule has 21 heavy (non-hydrogen) atoms. The fraction of sp³-hybridized carbons (Fsp3) is 0.812. The molecule has 1 aliphatic rings. The van der Waals surface area contributed by atoms with Gasteiger partial charge >= 0.3 is 5.97 Å². The summed E-state index contributed by atoms with van der Waals surface area (Å²) in [6, 6.07) is 0. The SMILES string of the molecule is CCCCCC(C)(O)C=CC1C(O)CC(O)C1CC(=O)O. The van der Waals surface area contributed by atoms with Crippen molar-refractivity contribution in [3.63, 3.8) is 0 Å². The molecule has 0 heterocycles. The van der Waals surface area contributed by atoms with E-state index >= 15 is 0 Å². The average molecular weight is 300 g/mol. The van der Waals surface area contributed by atoms with Crippen molar-refractivity contribution in [3.05, 3.63) is 12.2 Å². The molecule has 1 rings (SSSR count). The minimum absolute atomic E-state index is 0.175. The maximum atomic E-state index is 10.9. The number of aliphatic carboxylic acids is 1. The van der Waals surface area contributed by atoms with Crippen LogP contribution in [0.25, 0.3) is 0 Å². The highest BCUT2D eigenvalue weighted by molar-refractivity contribution is 5.67. The molecule has 0 spiro atoms. The first kappa shape index (κ1) is 18.1. The van der Waals surface area contributed by atoms with Crippen LogP contribution in [0.4, 0.5) is 0 Å². The number of aliphatic hydroxyl groups is 3. The maximum Gasteiger partial charge on any atom is 0.303 e. The summed E-state index contributed by atoms with van der Waals surface area (Å²) in [5.74, 6) is -1.91. The van der Waals surface area contributed by atoms with Crippen molar-refractivity contribution in [2.75, 3.05) is 0 Å². The molecule has 1 fully saturated rings. The molecule has 0 bridgehead atoms. The van der Waals surface area contributed by atoms with Crippen molar-refractivity contribution in [2.45, 2.75) is 70.2 Å². The first-order valence-electron chi connectivity index (χ1n) is 7.76. The molecule has 0 aliphatic heterocycles. The van der Waals surface area contributed by atoms with Crippen LogP contribution in [0.15, 0.2) is 12.2 Å². The Balaban J connectivity index is 2.68. The zero-order valence-electron chi connectivity index (χ0n) is 12.9. The van der Waals surface area contributed by atoms with Crippen LogP contribution in [0.3, 0.4) is 0 Å². The quantitative estimate of drug-likeness (QED) is 0.404. The third kappa shape index (κ3) is 5.77. The Morgan fingerprint density at radius 3 is 2.52 bits per heavy atom. The highest BCUT2D eigenvalue weighted by Gasteiger charge is 2.41. The Labute approximate surface area is 126 Å². The number of aliphatic hydroxyl groups excluding tert-OH is 2. The van der Waals surface area contributed by atoms with E-state index in [4.69, 9.17) is 5.11 Å². The van der Waals surface area contributed by atoms with E-state index in [9.17, 15) is 20.1 Å². The van der Waals surface area contributed by atoms with Crippen molar-refractivity contribution < 1.29 is 25.2 Å². The lowest BCUT2D eigenvalue weighted by Gasteiger charge is -2.22. The lowest BCUT2D eigenvalue weighted by Crippen LogP contribution is -2.25. The summed E-state index contributed by atoms with van der Waals surface area (Å²) < 4.78 is 0. The van der Waals surface area contributed by atoms with Gasteiger partial charge in [-0.2, -0.15) is 0 Å². The number of carboxylic acids is 1. The molecule has 0 radical (unpaired) electrons. The van der Waals surface area contributed by atoms with Crippen LogP contribution in [-0.4, -0.2) is 44.2 Å². The molecular weight excluding hydrogens is 272 g/mol. The predicted octanol–water partition coefficient (Wildman–Crippen LogP) is 1.71. The topological polar surface area (TPSA) is 98.0 Å². The van der Waals surface area contributed by atoms with E-state index in [0.29, 0.717) is 6.42 Å². The average Bonchev–Trinajstić information content (AvgIpc) is 2.61. The molecule has 5 nitrogen and oxygen atoms in total. The normalized spacial score (nSPS) is 32.4. The Hall–Kier alpha value is -0.910. The summed E-state index contributed by atoms with van der Waals surface area (Å²) in [6.07, 6.45) is 5.45. The van der Waals surface area contributed by atoms with E-state index < -0.39 is 35.6 Å². The number of rotatable bonds is 8. The summed E-state index contributed by atoms with van der Waals surface area (Å²) in [6.45, 7) is 3.81. The van der Waals surface area contributed by atoms with Gasteiger partial charge in [0.25, 0.3) is 0 Å². The fourth-order valence-electron chi connectivity index (χ4n) is 3.00. The second-order valence-electron chi connectivity index (χ2n) is 6.38. The van der Waals surface area contributed by atoms with Gasteiger partial charge < -0.3 is 20.4 Å². The van der Waals surface area contributed by atoms with Crippen molar-refractivity contribution in [1.82, 2.24) is 0 Å². The Kier molecular flexibility index (Phi) is 6.84. The second-order valence-corrected chi connectivity index (χ2v) is 6.38. The van der Waals surface area contributed by atoms with Gasteiger partial charge in [0.05, 0.1) is 24.2 Å². The van der Waals surface area contributed by atoms with Crippen LogP contribution < -0.4 is 0 Å². The number of unbranched alkanes of at least 4 members (excludes halogenated alkanes) is 2. The lowest BCUT2D eigenvalue weighted by molar-refractivity contribution is -0.139. The number of hydrogen-bond donors (Lipinski definition) is 4. The molecule has 0 aromatic heterocycles. The van der Waals surface area contributed by atoms with Gasteiger partial charge in [0.2, 0.25) is 0 Å². The first-order chi connectivity index (χ1) is 9.76. The van der Waals surface area contributed by atoms with E-state index in [-0.39, 0.29) is 12.8 Å². The van der Waals surface area contributed by atoms with Gasteiger partial charge in [-0.15, -0.1) is 0 Å². The van der Waals surface area contributed by atoms with Crippen molar-refractivity contribution in [3.8, 4) is 0 Å². The molecule has 0 aromatic carbocycles. The summed E-state index contributed by atoms with van der Waals surface area (Å²) >= 11 is 0. The number of hydrogen-bond acceptors (Lipinski definition) is 4. The largest absolute Gasteiger partial charge is 0.481 e. The number of carbonyl (C=O) groups is 1. The van der Waals surface area contributed by atoms with Gasteiger partial charge in [0.1, 0.15) is 0 Å². The van der Waals surface area contributed by atoms with Gasteiger partial charge in [-0.05, 0) is 13.3 Å². The molecule has 4 N–H and O–H groups in total. The van der Waals surface area contributed by atoms with Gasteiger partial charge in [-0.3, -0.25) is 4.79 Å². The Morgan fingerprint density at radius 1 is 1.29 bits per heavy atom. The summed E-state index contributed by atoms with van der Waals surface area (Å²) in [5, 5.41) is 39.0. The molecule has 0 saturated heterocycles. The zero-order chi connectivity index (χ0) is 16.0. The van der Waals surface area contributed by atoms with Gasteiger partial charge in [0.15, 0.2) is 0 Å². The van der Waals surface area contributed by atoms with Crippen LogP contribution in [0.2, 0.25) is 0 Å². The first-order valence-corrected chi connectivity index (χ1v) is 7.76. The summed E-state index contributed by atoms with van der Waals surface area (Å²) in [7, 11) is 0. The van der Waals surface area contributed by atoms with Crippen LogP contribution in [-0.2, 0) is 4.79 Å². The highest BCUT2D eigenvalue weighted by atomic mass is 16.4. The predicted molar refractivity (Wildman–Crippen MR) is 79.8 cm³/mol. The monoisotopic (exact) mass is 300 g/mol.